The first kappa shape index (κ1) is 21.8. The summed E-state index contributed by atoms with van der Waals surface area (Å²) in [6.07, 6.45) is 9.45. The molecule has 3 N–H and O–H groups in total. The third-order valence-corrected chi connectivity index (χ3v) is 5.40. The molecule has 3 aromatic heterocycles. The number of pyridine rings is 1. The molecule has 0 fully saturated rings. The van der Waals surface area contributed by atoms with Crippen molar-refractivity contribution in [2.24, 2.45) is 5.73 Å². The largest absolute Gasteiger partial charge is 0.467 e. The molecule has 4 rings (SSSR count). The van der Waals surface area contributed by atoms with E-state index in [-0.39, 0.29) is 0 Å². The summed E-state index contributed by atoms with van der Waals surface area (Å²) in [5, 5.41) is 6.18. The van der Waals surface area contributed by atoms with E-state index in [1.54, 1.807) is 23.7 Å². The SMILES string of the molecule is CC.Clc1cc(NCc2ccco2)c2scc(Cl)c2n1.NC1CC=CCC1. The second-order valence-electron chi connectivity index (χ2n) is 5.73. The van der Waals surface area contributed by atoms with Gasteiger partial charge in [0.1, 0.15) is 16.4 Å². The van der Waals surface area contributed by atoms with Gasteiger partial charge in [-0.3, -0.25) is 0 Å². The van der Waals surface area contributed by atoms with Gasteiger partial charge in [0.15, 0.2) is 0 Å². The Labute approximate surface area is 174 Å². The number of fused-ring (bicyclic) bond motifs is 1. The summed E-state index contributed by atoms with van der Waals surface area (Å²) in [6, 6.07) is 6.01. The number of nitrogens with one attached hydrogen (secondary N) is 1. The third-order valence-electron chi connectivity index (χ3n) is 3.79. The highest BCUT2D eigenvalue weighted by molar-refractivity contribution is 7.18. The summed E-state index contributed by atoms with van der Waals surface area (Å²) >= 11 is 13.6. The fraction of sp³-hybridized carbons (Fsp3) is 0.350. The first-order valence-corrected chi connectivity index (χ1v) is 10.7. The molecule has 3 aromatic rings. The van der Waals surface area contributed by atoms with Crippen molar-refractivity contribution in [1.29, 1.82) is 0 Å². The molecule has 0 aromatic carbocycles. The maximum Gasteiger partial charge on any atom is 0.131 e. The maximum absolute atomic E-state index is 6.06. The Morgan fingerprint density at radius 1 is 1.33 bits per heavy atom. The monoisotopic (exact) mass is 425 g/mol. The van der Waals surface area contributed by atoms with Crippen LogP contribution in [-0.2, 0) is 6.54 Å². The lowest BCUT2D eigenvalue weighted by atomic mass is 10.0. The molecule has 1 unspecified atom stereocenters. The molecular weight excluding hydrogens is 401 g/mol. The summed E-state index contributed by atoms with van der Waals surface area (Å²) in [6.45, 7) is 4.60. The molecule has 1 atom stereocenters. The average molecular weight is 426 g/mol. The smallest absolute Gasteiger partial charge is 0.131 e. The van der Waals surface area contributed by atoms with Crippen LogP contribution < -0.4 is 11.1 Å². The molecule has 0 radical (unpaired) electrons. The van der Waals surface area contributed by atoms with Crippen molar-refractivity contribution in [3.05, 3.63) is 57.9 Å². The van der Waals surface area contributed by atoms with E-state index in [0.717, 1.165) is 28.1 Å². The second-order valence-corrected chi connectivity index (χ2v) is 7.41. The van der Waals surface area contributed by atoms with Gasteiger partial charge in [0.05, 0.1) is 28.2 Å². The number of hydrogen-bond acceptors (Lipinski definition) is 5. The zero-order chi connectivity index (χ0) is 19.6. The Balaban J connectivity index is 0.000000244. The number of nitrogens with zero attached hydrogens (tertiary/aromatic N) is 1. The number of thiophene rings is 1. The van der Waals surface area contributed by atoms with Crippen LogP contribution >= 0.6 is 34.5 Å². The number of hydrogen-bond donors (Lipinski definition) is 2. The quantitative estimate of drug-likeness (QED) is 0.354. The lowest BCUT2D eigenvalue weighted by Crippen LogP contribution is -2.19. The molecule has 7 heteroatoms. The fourth-order valence-corrected chi connectivity index (χ4v) is 3.87. The Morgan fingerprint density at radius 3 is 2.74 bits per heavy atom. The normalized spacial score (nSPS) is 15.5. The minimum atomic E-state index is 0.421. The van der Waals surface area contributed by atoms with Gasteiger partial charge in [0.25, 0.3) is 0 Å². The Kier molecular flexibility index (Phi) is 9.15. The van der Waals surface area contributed by atoms with Crippen molar-refractivity contribution in [1.82, 2.24) is 4.98 Å². The summed E-state index contributed by atoms with van der Waals surface area (Å²) in [5.41, 5.74) is 7.23. The van der Waals surface area contributed by atoms with E-state index in [1.807, 2.05) is 31.4 Å². The molecule has 0 aliphatic heterocycles. The zero-order valence-electron chi connectivity index (χ0n) is 15.5. The molecule has 0 amide bonds. The number of halogens is 2. The van der Waals surface area contributed by atoms with Gasteiger partial charge in [-0.1, -0.05) is 49.2 Å². The topological polar surface area (TPSA) is 64.1 Å². The van der Waals surface area contributed by atoms with E-state index in [9.17, 15) is 0 Å². The van der Waals surface area contributed by atoms with Crippen LogP contribution in [0.5, 0.6) is 0 Å². The highest BCUT2D eigenvalue weighted by atomic mass is 35.5. The summed E-state index contributed by atoms with van der Waals surface area (Å²) in [7, 11) is 0. The van der Waals surface area contributed by atoms with Gasteiger partial charge in [-0.25, -0.2) is 4.98 Å². The molecule has 4 nitrogen and oxygen atoms in total. The van der Waals surface area contributed by atoms with Crippen molar-refractivity contribution in [2.45, 2.75) is 45.7 Å². The molecule has 1 aliphatic rings. The van der Waals surface area contributed by atoms with E-state index in [2.05, 4.69) is 22.5 Å². The molecule has 3 heterocycles. The number of allylic oxidation sites excluding steroid dienone is 1. The zero-order valence-corrected chi connectivity index (χ0v) is 17.9. The van der Waals surface area contributed by atoms with Gasteiger partial charge < -0.3 is 15.5 Å². The van der Waals surface area contributed by atoms with Crippen molar-refractivity contribution >= 4 is 50.4 Å². The molecule has 146 valence electrons. The van der Waals surface area contributed by atoms with Gasteiger partial charge in [-0.05, 0) is 31.4 Å². The lowest BCUT2D eigenvalue weighted by molar-refractivity contribution is 0.518. The minimum absolute atomic E-state index is 0.421. The Morgan fingerprint density at radius 2 is 2.15 bits per heavy atom. The van der Waals surface area contributed by atoms with Gasteiger partial charge in [-0.2, -0.15) is 0 Å². The van der Waals surface area contributed by atoms with Crippen molar-refractivity contribution in [3.63, 3.8) is 0 Å². The van der Waals surface area contributed by atoms with E-state index in [4.69, 9.17) is 33.4 Å². The summed E-state index contributed by atoms with van der Waals surface area (Å²) in [5.74, 6) is 0.860. The molecule has 1 aliphatic carbocycles. The summed E-state index contributed by atoms with van der Waals surface area (Å²) < 4.78 is 6.27. The van der Waals surface area contributed by atoms with Crippen LogP contribution in [0.1, 0.15) is 38.9 Å². The maximum atomic E-state index is 6.06. The third kappa shape index (κ3) is 6.54. The summed E-state index contributed by atoms with van der Waals surface area (Å²) in [4.78, 5) is 4.22. The van der Waals surface area contributed by atoms with Crippen LogP contribution in [0.15, 0.2) is 46.4 Å². The highest BCUT2D eigenvalue weighted by Gasteiger charge is 2.10. The van der Waals surface area contributed by atoms with E-state index < -0.39 is 0 Å². The standard InChI is InChI=1S/C12H8Cl2N2OS.C6H11N.C2H6/c13-8-6-18-12-9(4-10(14)16-11(8)12)15-5-7-2-1-3-17-7;7-6-4-2-1-3-5-6;1-2/h1-4,6H,5H2,(H,15,16);1-2,6H,3-5,7H2;1-2H3. The number of furan rings is 1. The van der Waals surface area contributed by atoms with E-state index >= 15 is 0 Å². The predicted octanol–water partition coefficient (Wildman–Crippen LogP) is 6.89. The molecule has 0 spiro atoms. The molecule has 0 saturated heterocycles. The van der Waals surface area contributed by atoms with Gasteiger partial charge in [0, 0.05) is 17.5 Å². The van der Waals surface area contributed by atoms with Gasteiger partial charge in [-0.15, -0.1) is 11.3 Å². The second kappa shape index (κ2) is 11.3. The molecule has 27 heavy (non-hydrogen) atoms. The van der Waals surface area contributed by atoms with Crippen LogP contribution in [-0.4, -0.2) is 11.0 Å². The average Bonchev–Trinajstić information content (AvgIpc) is 3.33. The van der Waals surface area contributed by atoms with Gasteiger partial charge in [0.2, 0.25) is 0 Å². The van der Waals surface area contributed by atoms with Gasteiger partial charge >= 0.3 is 0 Å². The van der Waals surface area contributed by atoms with Crippen LogP contribution in [0.3, 0.4) is 0 Å². The molecule has 0 saturated carbocycles. The van der Waals surface area contributed by atoms with Crippen molar-refractivity contribution < 1.29 is 4.42 Å². The van der Waals surface area contributed by atoms with Crippen LogP contribution in [0, 0.1) is 0 Å². The minimum Gasteiger partial charge on any atom is -0.467 e. The number of anilines is 1. The van der Waals surface area contributed by atoms with Crippen molar-refractivity contribution in [2.75, 3.05) is 5.32 Å². The fourth-order valence-electron chi connectivity index (χ4n) is 2.49. The Hall–Kier alpha value is -1.53. The van der Waals surface area contributed by atoms with Crippen LogP contribution in [0.2, 0.25) is 10.2 Å². The first-order chi connectivity index (χ1) is 13.1. The van der Waals surface area contributed by atoms with E-state index in [1.165, 1.54) is 12.8 Å². The van der Waals surface area contributed by atoms with Crippen LogP contribution in [0.4, 0.5) is 5.69 Å². The lowest BCUT2D eigenvalue weighted by Gasteiger charge is -2.09. The highest BCUT2D eigenvalue weighted by Crippen LogP contribution is 2.35. The van der Waals surface area contributed by atoms with Crippen LogP contribution in [0.25, 0.3) is 10.2 Å². The number of rotatable bonds is 3. The Bertz CT molecular complexity index is 846. The number of aromatic nitrogens is 1. The van der Waals surface area contributed by atoms with E-state index in [0.29, 0.717) is 22.8 Å². The van der Waals surface area contributed by atoms with Crippen molar-refractivity contribution in [3.8, 4) is 0 Å². The number of nitrogens with two attached hydrogens (primary N) is 1. The first-order valence-electron chi connectivity index (χ1n) is 9.03. The molecular formula is C20H25Cl2N3OS. The molecule has 0 bridgehead atoms. The predicted molar refractivity (Wildman–Crippen MR) is 118 cm³/mol.